The molecule has 1 saturated carbocycles. The lowest BCUT2D eigenvalue weighted by Crippen LogP contribution is -2.35. The Hall–Kier alpha value is -1.87. The van der Waals surface area contributed by atoms with Crippen LogP contribution in [-0.4, -0.2) is 43.7 Å². The van der Waals surface area contributed by atoms with Gasteiger partial charge in [0.15, 0.2) is 0 Å². The lowest BCUT2D eigenvalue weighted by molar-refractivity contribution is 0.345. The summed E-state index contributed by atoms with van der Waals surface area (Å²) in [5, 5.41) is 14.5. The van der Waals surface area contributed by atoms with Crippen LogP contribution in [0.3, 0.4) is 0 Å². The Morgan fingerprint density at radius 1 is 1.38 bits per heavy atom. The van der Waals surface area contributed by atoms with Crippen molar-refractivity contribution in [3.05, 3.63) is 18.0 Å². The number of nitrogens with zero attached hydrogens (tertiary/aromatic N) is 4. The smallest absolute Gasteiger partial charge is 0.222 e. The van der Waals surface area contributed by atoms with E-state index in [1.165, 1.54) is 0 Å². The summed E-state index contributed by atoms with van der Waals surface area (Å²) in [4.78, 5) is 8.51. The molecule has 0 aromatic carbocycles. The second-order valence-corrected chi connectivity index (χ2v) is 6.16. The number of aromatic nitrogens is 5. The number of rotatable bonds is 6. The molecule has 21 heavy (non-hydrogen) atoms. The first kappa shape index (κ1) is 14.1. The zero-order valence-electron chi connectivity index (χ0n) is 11.5. The minimum absolute atomic E-state index is 0.293. The third-order valence-electron chi connectivity index (χ3n) is 3.41. The van der Waals surface area contributed by atoms with Crippen LogP contribution < -0.4 is 16.8 Å². The van der Waals surface area contributed by atoms with Crippen LogP contribution in [0.5, 0.6) is 0 Å². The Morgan fingerprint density at radius 2 is 2.24 bits per heavy atom. The van der Waals surface area contributed by atoms with Crippen LogP contribution in [-0.2, 0) is 0 Å². The first-order valence-corrected chi connectivity index (χ1v) is 7.82. The van der Waals surface area contributed by atoms with E-state index < -0.39 is 0 Å². The zero-order chi connectivity index (χ0) is 14.7. The van der Waals surface area contributed by atoms with Crippen LogP contribution in [0, 0.1) is 0 Å². The highest BCUT2D eigenvalue weighted by atomic mass is 32.2. The minimum Gasteiger partial charge on any atom is -0.369 e. The van der Waals surface area contributed by atoms with Crippen molar-refractivity contribution in [2.75, 3.05) is 23.3 Å². The standard InChI is InChI=1S/C12H18N8S/c13-8-3-7(4-8)9-5-10(18-12(14)17-9)15-1-2-21-11-6-16-20-19-11/h5-8H,1-4,13H2,(H,16,19,20)(H3,14,15,17,18). The summed E-state index contributed by atoms with van der Waals surface area (Å²) in [7, 11) is 0. The molecule has 3 rings (SSSR count). The maximum atomic E-state index is 5.82. The topological polar surface area (TPSA) is 131 Å². The molecule has 1 fully saturated rings. The molecule has 6 N–H and O–H groups in total. The van der Waals surface area contributed by atoms with E-state index in [9.17, 15) is 0 Å². The Balaban J connectivity index is 1.52. The van der Waals surface area contributed by atoms with Gasteiger partial charge in [0.25, 0.3) is 0 Å². The molecule has 2 aromatic rings. The van der Waals surface area contributed by atoms with Crippen LogP contribution in [0.2, 0.25) is 0 Å². The van der Waals surface area contributed by atoms with Gasteiger partial charge in [0.05, 0.1) is 11.9 Å². The van der Waals surface area contributed by atoms with Gasteiger partial charge in [-0.1, -0.05) is 0 Å². The van der Waals surface area contributed by atoms with Crippen molar-refractivity contribution in [3.63, 3.8) is 0 Å². The number of anilines is 2. The molecule has 2 heterocycles. The zero-order valence-corrected chi connectivity index (χ0v) is 12.3. The summed E-state index contributed by atoms with van der Waals surface area (Å²) in [5.41, 5.74) is 12.6. The van der Waals surface area contributed by atoms with Crippen molar-refractivity contribution in [1.29, 1.82) is 0 Å². The molecule has 0 spiro atoms. The van der Waals surface area contributed by atoms with Gasteiger partial charge < -0.3 is 16.8 Å². The second kappa shape index (κ2) is 6.27. The molecular formula is C12H18N8S. The second-order valence-electron chi connectivity index (χ2n) is 5.05. The minimum atomic E-state index is 0.293. The molecule has 0 amide bonds. The summed E-state index contributed by atoms with van der Waals surface area (Å²) in [6.07, 6.45) is 3.64. The fourth-order valence-corrected chi connectivity index (χ4v) is 2.93. The first-order valence-electron chi connectivity index (χ1n) is 6.83. The molecule has 8 nitrogen and oxygen atoms in total. The van der Waals surface area contributed by atoms with E-state index in [1.807, 2.05) is 6.07 Å². The summed E-state index contributed by atoms with van der Waals surface area (Å²) >= 11 is 1.62. The fourth-order valence-electron chi connectivity index (χ4n) is 2.28. The number of nitrogens with two attached hydrogens (primary N) is 2. The highest BCUT2D eigenvalue weighted by molar-refractivity contribution is 7.99. The largest absolute Gasteiger partial charge is 0.369 e. The van der Waals surface area contributed by atoms with Gasteiger partial charge in [-0.25, -0.2) is 4.98 Å². The van der Waals surface area contributed by atoms with Crippen molar-refractivity contribution in [1.82, 2.24) is 25.4 Å². The van der Waals surface area contributed by atoms with Crippen molar-refractivity contribution in [2.24, 2.45) is 5.73 Å². The summed E-state index contributed by atoms with van der Waals surface area (Å²) in [6, 6.07) is 2.26. The Kier molecular flexibility index (Phi) is 4.20. The van der Waals surface area contributed by atoms with Crippen LogP contribution in [0.15, 0.2) is 17.3 Å². The van der Waals surface area contributed by atoms with Gasteiger partial charge in [0.2, 0.25) is 5.95 Å². The predicted octanol–water partition coefficient (Wildman–Crippen LogP) is 0.586. The molecule has 112 valence electrons. The maximum Gasteiger partial charge on any atom is 0.222 e. The molecule has 9 heteroatoms. The number of hydrogen-bond donors (Lipinski definition) is 4. The number of H-pyrrole nitrogens is 1. The van der Waals surface area contributed by atoms with Crippen molar-refractivity contribution in [2.45, 2.75) is 29.8 Å². The van der Waals surface area contributed by atoms with Crippen LogP contribution >= 0.6 is 11.8 Å². The molecule has 1 aliphatic carbocycles. The first-order chi connectivity index (χ1) is 10.2. The summed E-state index contributed by atoms with van der Waals surface area (Å²) < 4.78 is 0. The van der Waals surface area contributed by atoms with Gasteiger partial charge in [-0.05, 0) is 12.8 Å². The van der Waals surface area contributed by atoms with Gasteiger partial charge >= 0.3 is 0 Å². The van der Waals surface area contributed by atoms with Crippen molar-refractivity contribution < 1.29 is 0 Å². The molecule has 0 aliphatic heterocycles. The highest BCUT2D eigenvalue weighted by Crippen LogP contribution is 2.35. The summed E-state index contributed by atoms with van der Waals surface area (Å²) in [5.74, 6) is 2.34. The third-order valence-corrected chi connectivity index (χ3v) is 4.31. The van der Waals surface area contributed by atoms with E-state index in [0.29, 0.717) is 17.9 Å². The highest BCUT2D eigenvalue weighted by Gasteiger charge is 2.29. The molecule has 0 bridgehead atoms. The molecule has 2 aromatic heterocycles. The van der Waals surface area contributed by atoms with E-state index in [-0.39, 0.29) is 0 Å². The number of nitrogens with one attached hydrogen (secondary N) is 2. The van der Waals surface area contributed by atoms with E-state index in [1.54, 1.807) is 18.0 Å². The molecule has 0 atom stereocenters. The van der Waals surface area contributed by atoms with Crippen molar-refractivity contribution in [3.8, 4) is 0 Å². The van der Waals surface area contributed by atoms with E-state index in [0.717, 1.165) is 41.7 Å². The van der Waals surface area contributed by atoms with Gasteiger partial charge in [0, 0.05) is 30.3 Å². The Labute approximate surface area is 126 Å². The molecular weight excluding hydrogens is 288 g/mol. The number of thioether (sulfide) groups is 1. The van der Waals surface area contributed by atoms with Gasteiger partial charge in [-0.3, -0.25) is 0 Å². The van der Waals surface area contributed by atoms with E-state index >= 15 is 0 Å². The van der Waals surface area contributed by atoms with Gasteiger partial charge in [0.1, 0.15) is 10.8 Å². The maximum absolute atomic E-state index is 5.82. The summed E-state index contributed by atoms with van der Waals surface area (Å²) in [6.45, 7) is 0.762. The third kappa shape index (κ3) is 3.61. The monoisotopic (exact) mass is 306 g/mol. The number of aromatic amines is 1. The Bertz CT molecular complexity index is 581. The van der Waals surface area contributed by atoms with Crippen molar-refractivity contribution >= 4 is 23.5 Å². The average Bonchev–Trinajstić information content (AvgIpc) is 2.93. The lowest BCUT2D eigenvalue weighted by Gasteiger charge is -2.32. The number of nitrogen functional groups attached to an aromatic ring is 1. The molecule has 0 saturated heterocycles. The Morgan fingerprint density at radius 3 is 2.95 bits per heavy atom. The van der Waals surface area contributed by atoms with Gasteiger partial charge in [-0.15, -0.1) is 16.9 Å². The van der Waals surface area contributed by atoms with Gasteiger partial charge in [-0.2, -0.15) is 15.3 Å². The van der Waals surface area contributed by atoms with E-state index in [4.69, 9.17) is 11.5 Å². The lowest BCUT2D eigenvalue weighted by atomic mass is 9.78. The van der Waals surface area contributed by atoms with Crippen LogP contribution in [0.4, 0.5) is 11.8 Å². The van der Waals surface area contributed by atoms with Crippen LogP contribution in [0.25, 0.3) is 0 Å². The molecule has 0 radical (unpaired) electrons. The average molecular weight is 306 g/mol. The quantitative estimate of drug-likeness (QED) is 0.450. The van der Waals surface area contributed by atoms with Crippen LogP contribution in [0.1, 0.15) is 24.5 Å². The predicted molar refractivity (Wildman–Crippen MR) is 82.0 cm³/mol. The number of hydrogen-bond acceptors (Lipinski definition) is 8. The normalized spacial score (nSPS) is 21.0. The SMILES string of the molecule is Nc1nc(NCCSc2cn[nH]n2)cc(C2CC(N)C2)n1. The van der Waals surface area contributed by atoms with E-state index in [2.05, 4.69) is 30.7 Å². The molecule has 0 unspecified atom stereocenters. The molecule has 1 aliphatic rings. The fraction of sp³-hybridized carbons (Fsp3) is 0.500.